The van der Waals surface area contributed by atoms with E-state index in [2.05, 4.69) is 46.7 Å². The first kappa shape index (κ1) is 17.4. The maximum absolute atomic E-state index is 12.1. The first-order chi connectivity index (χ1) is 10.7. The van der Waals surface area contributed by atoms with Crippen LogP contribution < -0.4 is 10.6 Å². The molecule has 0 aliphatic heterocycles. The molecule has 0 aliphatic rings. The number of nitrogens with zero attached hydrogens (tertiary/aromatic N) is 4. The fourth-order valence-electron chi connectivity index (χ4n) is 2.10. The normalized spacial score (nSPS) is 13.0. The minimum Gasteiger partial charge on any atom is -0.331 e. The summed E-state index contributed by atoms with van der Waals surface area (Å²) in [5.41, 5.74) is 1.83. The van der Waals surface area contributed by atoms with Gasteiger partial charge in [-0.2, -0.15) is 5.10 Å². The lowest BCUT2D eigenvalue weighted by atomic mass is 10.1. The van der Waals surface area contributed by atoms with Gasteiger partial charge in [-0.05, 0) is 41.0 Å². The maximum atomic E-state index is 12.1. The monoisotopic (exact) mass is 336 g/mol. The lowest BCUT2D eigenvalue weighted by Gasteiger charge is -2.19. The molecule has 8 heteroatoms. The number of hydrogen-bond donors (Lipinski definition) is 2. The van der Waals surface area contributed by atoms with Crippen LogP contribution in [0.4, 0.5) is 9.93 Å². The molecule has 0 fully saturated rings. The van der Waals surface area contributed by atoms with Gasteiger partial charge in [0.25, 0.3) is 0 Å². The highest BCUT2D eigenvalue weighted by Gasteiger charge is 2.20. The van der Waals surface area contributed by atoms with E-state index >= 15 is 0 Å². The van der Waals surface area contributed by atoms with E-state index < -0.39 is 0 Å². The Labute approximate surface area is 140 Å². The standard InChI is InChI=1S/C15H24N6OS/c1-7-12-18-19-14(23-12)17-13(22)16-9(2)11-8-21(15(4,5)6)20-10(11)3/h8-9H,7H2,1-6H3,(H2,16,17,19,22). The van der Waals surface area contributed by atoms with Gasteiger partial charge in [0.1, 0.15) is 5.01 Å². The van der Waals surface area contributed by atoms with Crippen LogP contribution in [-0.2, 0) is 12.0 Å². The summed E-state index contributed by atoms with van der Waals surface area (Å²) in [5, 5.41) is 19.5. The molecule has 126 valence electrons. The molecule has 1 unspecified atom stereocenters. The summed E-state index contributed by atoms with van der Waals surface area (Å²) in [4.78, 5) is 12.1. The van der Waals surface area contributed by atoms with Crippen molar-refractivity contribution in [2.75, 3.05) is 5.32 Å². The van der Waals surface area contributed by atoms with E-state index in [0.717, 1.165) is 22.7 Å². The zero-order chi connectivity index (χ0) is 17.2. The largest absolute Gasteiger partial charge is 0.331 e. The van der Waals surface area contributed by atoms with E-state index in [-0.39, 0.29) is 17.6 Å². The Kier molecular flexibility index (Phi) is 5.03. The first-order valence-electron chi connectivity index (χ1n) is 7.67. The van der Waals surface area contributed by atoms with E-state index in [0.29, 0.717) is 5.13 Å². The van der Waals surface area contributed by atoms with Gasteiger partial charge in [0, 0.05) is 11.8 Å². The summed E-state index contributed by atoms with van der Waals surface area (Å²) >= 11 is 1.38. The van der Waals surface area contributed by atoms with Crippen LogP contribution >= 0.6 is 11.3 Å². The molecule has 7 nitrogen and oxygen atoms in total. The van der Waals surface area contributed by atoms with E-state index in [1.165, 1.54) is 11.3 Å². The molecule has 2 rings (SSSR count). The van der Waals surface area contributed by atoms with Crippen molar-refractivity contribution in [1.29, 1.82) is 0 Å². The van der Waals surface area contributed by atoms with Crippen LogP contribution in [-0.4, -0.2) is 26.0 Å². The van der Waals surface area contributed by atoms with Crippen LogP contribution in [0, 0.1) is 6.92 Å². The third-order valence-corrected chi connectivity index (χ3v) is 4.41. The molecule has 2 aromatic rings. The molecule has 0 aliphatic carbocycles. The first-order valence-corrected chi connectivity index (χ1v) is 8.49. The molecule has 2 amide bonds. The van der Waals surface area contributed by atoms with Gasteiger partial charge >= 0.3 is 6.03 Å². The van der Waals surface area contributed by atoms with Crippen molar-refractivity contribution in [2.24, 2.45) is 0 Å². The molecule has 23 heavy (non-hydrogen) atoms. The van der Waals surface area contributed by atoms with Gasteiger partial charge in [-0.15, -0.1) is 10.2 Å². The molecular weight excluding hydrogens is 312 g/mol. The van der Waals surface area contributed by atoms with Crippen molar-refractivity contribution in [1.82, 2.24) is 25.3 Å². The number of amides is 2. The fourth-order valence-corrected chi connectivity index (χ4v) is 2.77. The Morgan fingerprint density at radius 1 is 1.39 bits per heavy atom. The summed E-state index contributed by atoms with van der Waals surface area (Å²) < 4.78 is 1.92. The SMILES string of the molecule is CCc1nnc(NC(=O)NC(C)c2cn(C(C)(C)C)nc2C)s1. The second-order valence-corrected chi connectivity index (χ2v) is 7.52. The summed E-state index contributed by atoms with van der Waals surface area (Å²) in [5.74, 6) is 0. The van der Waals surface area contributed by atoms with Gasteiger partial charge in [0.15, 0.2) is 0 Å². The molecule has 0 spiro atoms. The van der Waals surface area contributed by atoms with Crippen molar-refractivity contribution in [3.8, 4) is 0 Å². The molecule has 0 saturated heterocycles. The second-order valence-electron chi connectivity index (χ2n) is 6.46. The smallest absolute Gasteiger partial charge is 0.321 e. The van der Waals surface area contributed by atoms with Crippen LogP contribution in [0.25, 0.3) is 0 Å². The minimum absolute atomic E-state index is 0.0892. The Bertz CT molecular complexity index is 684. The number of hydrogen-bond acceptors (Lipinski definition) is 5. The van der Waals surface area contributed by atoms with E-state index in [4.69, 9.17) is 0 Å². The molecule has 0 radical (unpaired) electrons. The third-order valence-electron chi connectivity index (χ3n) is 3.43. The van der Waals surface area contributed by atoms with Crippen molar-refractivity contribution < 1.29 is 4.79 Å². The fraction of sp³-hybridized carbons (Fsp3) is 0.600. The van der Waals surface area contributed by atoms with Gasteiger partial charge in [-0.25, -0.2) is 4.79 Å². The highest BCUT2D eigenvalue weighted by Crippen LogP contribution is 2.21. The average Bonchev–Trinajstić information content (AvgIpc) is 3.04. The Morgan fingerprint density at radius 3 is 2.61 bits per heavy atom. The Morgan fingerprint density at radius 2 is 2.09 bits per heavy atom. The number of carbonyl (C=O) groups excluding carboxylic acids is 1. The zero-order valence-corrected chi connectivity index (χ0v) is 15.3. The lowest BCUT2D eigenvalue weighted by molar-refractivity contribution is 0.249. The quantitative estimate of drug-likeness (QED) is 0.897. The Balaban J connectivity index is 2.02. The molecule has 1 atom stereocenters. The Hall–Kier alpha value is -1.96. The van der Waals surface area contributed by atoms with Crippen molar-refractivity contribution >= 4 is 22.5 Å². The van der Waals surface area contributed by atoms with E-state index in [1.807, 2.05) is 31.6 Å². The van der Waals surface area contributed by atoms with Gasteiger partial charge < -0.3 is 5.32 Å². The van der Waals surface area contributed by atoms with Crippen LogP contribution in [0.5, 0.6) is 0 Å². The predicted octanol–water partition coefficient (Wildman–Crippen LogP) is 3.24. The number of aryl methyl sites for hydroxylation is 2. The minimum atomic E-state index is -0.292. The number of carbonyl (C=O) groups is 1. The lowest BCUT2D eigenvalue weighted by Crippen LogP contribution is -2.31. The van der Waals surface area contributed by atoms with Crippen molar-refractivity contribution in [3.05, 3.63) is 22.5 Å². The number of anilines is 1. The topological polar surface area (TPSA) is 84.7 Å². The van der Waals surface area contributed by atoms with Gasteiger partial charge in [0.2, 0.25) is 5.13 Å². The van der Waals surface area contributed by atoms with Gasteiger partial charge in [-0.3, -0.25) is 10.00 Å². The molecular formula is C15H24N6OS. The third kappa shape index (κ3) is 4.28. The molecule has 2 aromatic heterocycles. The van der Waals surface area contributed by atoms with Gasteiger partial charge in [-0.1, -0.05) is 18.3 Å². The highest BCUT2D eigenvalue weighted by molar-refractivity contribution is 7.15. The maximum Gasteiger partial charge on any atom is 0.321 e. The van der Waals surface area contributed by atoms with Gasteiger partial charge in [0.05, 0.1) is 17.3 Å². The molecule has 2 N–H and O–H groups in total. The summed E-state index contributed by atoms with van der Waals surface area (Å²) in [7, 11) is 0. The number of urea groups is 1. The van der Waals surface area contributed by atoms with Crippen LogP contribution in [0.15, 0.2) is 6.20 Å². The molecule has 0 aromatic carbocycles. The average molecular weight is 336 g/mol. The van der Waals surface area contributed by atoms with E-state index in [1.54, 1.807) is 0 Å². The molecule has 0 bridgehead atoms. The van der Waals surface area contributed by atoms with Crippen LogP contribution in [0.2, 0.25) is 0 Å². The van der Waals surface area contributed by atoms with E-state index in [9.17, 15) is 4.79 Å². The second kappa shape index (κ2) is 6.66. The highest BCUT2D eigenvalue weighted by atomic mass is 32.1. The zero-order valence-electron chi connectivity index (χ0n) is 14.5. The number of rotatable bonds is 4. The summed E-state index contributed by atoms with van der Waals surface area (Å²) in [6, 6.07) is -0.441. The molecule has 2 heterocycles. The van der Waals surface area contributed by atoms with Crippen molar-refractivity contribution in [3.63, 3.8) is 0 Å². The van der Waals surface area contributed by atoms with Crippen LogP contribution in [0.1, 0.15) is 56.9 Å². The summed E-state index contributed by atoms with van der Waals surface area (Å²) in [6.07, 6.45) is 2.79. The number of nitrogens with one attached hydrogen (secondary N) is 2. The molecule has 0 saturated carbocycles. The van der Waals surface area contributed by atoms with Crippen molar-refractivity contribution in [2.45, 2.75) is 59.5 Å². The summed E-state index contributed by atoms with van der Waals surface area (Å²) in [6.45, 7) is 12.2. The predicted molar refractivity (Wildman–Crippen MR) is 91.8 cm³/mol. The number of aromatic nitrogens is 4. The van der Waals surface area contributed by atoms with Crippen LogP contribution in [0.3, 0.4) is 0 Å².